The van der Waals surface area contributed by atoms with E-state index in [1.165, 1.54) is 0 Å². The summed E-state index contributed by atoms with van der Waals surface area (Å²) in [7, 11) is 0. The normalized spacial score (nSPS) is 15.4. The van der Waals surface area contributed by atoms with E-state index < -0.39 is 0 Å². The Labute approximate surface area is 176 Å². The van der Waals surface area contributed by atoms with Gasteiger partial charge in [0.1, 0.15) is 0 Å². The van der Waals surface area contributed by atoms with E-state index in [1.807, 2.05) is 24.3 Å². The maximum atomic E-state index is 6.02. The molecule has 8 nitrogen and oxygen atoms in total. The number of rotatable bonds is 9. The molecule has 1 aliphatic rings. The number of benzene rings is 1. The Morgan fingerprint density at radius 3 is 2.93 bits per heavy atom. The van der Waals surface area contributed by atoms with Crippen LogP contribution in [0.4, 0.5) is 0 Å². The predicted octanol–water partition coefficient (Wildman–Crippen LogP) is 2.21. The number of hydrogen-bond donors (Lipinski definition) is 2. The maximum Gasteiger partial charge on any atom is 0.228 e. The van der Waals surface area contributed by atoms with Crippen LogP contribution >= 0.6 is 11.6 Å². The molecule has 1 saturated heterocycles. The summed E-state index contributed by atoms with van der Waals surface area (Å²) >= 11 is 6.02. The van der Waals surface area contributed by atoms with Gasteiger partial charge in [-0.3, -0.25) is 9.89 Å². The number of nitrogens with zero attached hydrogens (tertiary/aromatic N) is 4. The molecule has 158 valence electrons. The van der Waals surface area contributed by atoms with Crippen LogP contribution in [0.3, 0.4) is 0 Å². The first kappa shape index (κ1) is 21.5. The summed E-state index contributed by atoms with van der Waals surface area (Å²) in [5, 5.41) is 11.3. The topological polar surface area (TPSA) is 87.8 Å². The zero-order valence-electron chi connectivity index (χ0n) is 16.9. The Bertz CT molecular complexity index is 776. The van der Waals surface area contributed by atoms with E-state index in [4.69, 9.17) is 20.9 Å². The molecule has 0 radical (unpaired) electrons. The largest absolute Gasteiger partial charge is 0.379 e. The summed E-state index contributed by atoms with van der Waals surface area (Å²) in [5.74, 6) is 1.94. The number of morpholine rings is 1. The summed E-state index contributed by atoms with van der Waals surface area (Å²) < 4.78 is 10.7. The van der Waals surface area contributed by atoms with Crippen molar-refractivity contribution in [3.8, 4) is 11.4 Å². The molecular formula is C20H29ClN6O2. The summed E-state index contributed by atoms with van der Waals surface area (Å²) in [6.07, 6.45) is 1.65. The van der Waals surface area contributed by atoms with Gasteiger partial charge in [-0.05, 0) is 25.5 Å². The summed E-state index contributed by atoms with van der Waals surface area (Å²) in [4.78, 5) is 11.5. The molecule has 3 rings (SSSR count). The van der Waals surface area contributed by atoms with Crippen molar-refractivity contribution in [1.82, 2.24) is 25.7 Å². The minimum atomic E-state index is 0.547. The minimum Gasteiger partial charge on any atom is -0.379 e. The molecule has 1 aliphatic heterocycles. The van der Waals surface area contributed by atoms with Crippen LogP contribution in [0.5, 0.6) is 0 Å². The summed E-state index contributed by atoms with van der Waals surface area (Å²) in [6.45, 7) is 9.07. The van der Waals surface area contributed by atoms with Gasteiger partial charge >= 0.3 is 0 Å². The first-order valence-corrected chi connectivity index (χ1v) is 10.5. The van der Waals surface area contributed by atoms with Crippen molar-refractivity contribution in [1.29, 1.82) is 0 Å². The van der Waals surface area contributed by atoms with Crippen molar-refractivity contribution >= 4 is 17.6 Å². The fraction of sp³-hybridized carbons (Fsp3) is 0.550. The molecule has 0 unspecified atom stereocenters. The monoisotopic (exact) mass is 420 g/mol. The van der Waals surface area contributed by atoms with Crippen molar-refractivity contribution in [3.05, 3.63) is 35.2 Å². The van der Waals surface area contributed by atoms with Gasteiger partial charge in [0.15, 0.2) is 5.96 Å². The minimum absolute atomic E-state index is 0.547. The molecule has 0 bridgehead atoms. The Kier molecular flexibility index (Phi) is 8.73. The van der Waals surface area contributed by atoms with Crippen LogP contribution in [-0.2, 0) is 11.2 Å². The van der Waals surface area contributed by atoms with E-state index >= 15 is 0 Å². The van der Waals surface area contributed by atoms with E-state index in [9.17, 15) is 0 Å². The zero-order valence-corrected chi connectivity index (χ0v) is 17.6. The summed E-state index contributed by atoms with van der Waals surface area (Å²) in [6, 6.07) is 7.42. The Balaban J connectivity index is 1.41. The quantitative estimate of drug-likeness (QED) is 0.365. The van der Waals surface area contributed by atoms with Crippen LogP contribution < -0.4 is 10.6 Å². The second-order valence-corrected chi connectivity index (χ2v) is 7.20. The molecule has 0 spiro atoms. The van der Waals surface area contributed by atoms with Gasteiger partial charge in [0.2, 0.25) is 11.7 Å². The van der Waals surface area contributed by atoms with Crippen LogP contribution in [0.25, 0.3) is 11.4 Å². The molecule has 9 heteroatoms. The molecule has 1 aromatic carbocycles. The molecule has 29 heavy (non-hydrogen) atoms. The Morgan fingerprint density at radius 2 is 2.14 bits per heavy atom. The van der Waals surface area contributed by atoms with E-state index in [0.29, 0.717) is 29.7 Å². The lowest BCUT2D eigenvalue weighted by Gasteiger charge is -2.26. The highest BCUT2D eigenvalue weighted by Gasteiger charge is 2.10. The number of aliphatic imine (C=N–C) groups is 1. The standard InChI is InChI=1S/C20H29ClN6O2/c1-2-22-20(23-8-4-10-27-11-13-28-14-12-27)24-9-7-18-25-19(26-29-18)16-5-3-6-17(21)15-16/h3,5-6,15H,2,4,7-14H2,1H3,(H2,22,23,24). The molecule has 1 fully saturated rings. The third-order valence-electron chi connectivity index (χ3n) is 4.53. The molecular weight excluding hydrogens is 392 g/mol. The molecule has 2 aromatic rings. The Morgan fingerprint density at radius 1 is 1.28 bits per heavy atom. The van der Waals surface area contributed by atoms with Crippen LogP contribution in [0, 0.1) is 0 Å². The molecule has 1 aromatic heterocycles. The number of halogens is 1. The number of aromatic nitrogens is 2. The van der Waals surface area contributed by atoms with Crippen LogP contribution in [0.1, 0.15) is 19.2 Å². The van der Waals surface area contributed by atoms with Gasteiger partial charge in [0.05, 0.1) is 13.2 Å². The first-order valence-electron chi connectivity index (χ1n) is 10.2. The van der Waals surface area contributed by atoms with E-state index in [1.54, 1.807) is 0 Å². The van der Waals surface area contributed by atoms with E-state index in [-0.39, 0.29) is 0 Å². The fourth-order valence-corrected chi connectivity index (χ4v) is 3.23. The maximum absolute atomic E-state index is 6.02. The van der Waals surface area contributed by atoms with Gasteiger partial charge < -0.3 is 19.9 Å². The smallest absolute Gasteiger partial charge is 0.228 e. The van der Waals surface area contributed by atoms with Crippen molar-refractivity contribution in [2.45, 2.75) is 19.8 Å². The highest BCUT2D eigenvalue weighted by molar-refractivity contribution is 6.30. The van der Waals surface area contributed by atoms with Crippen molar-refractivity contribution in [3.63, 3.8) is 0 Å². The molecule has 0 atom stereocenters. The van der Waals surface area contributed by atoms with Crippen LogP contribution in [0.2, 0.25) is 5.02 Å². The fourth-order valence-electron chi connectivity index (χ4n) is 3.04. The molecule has 2 N–H and O–H groups in total. The second kappa shape index (κ2) is 11.7. The third-order valence-corrected chi connectivity index (χ3v) is 4.77. The molecule has 2 heterocycles. The lowest BCUT2D eigenvalue weighted by Crippen LogP contribution is -2.39. The lowest BCUT2D eigenvalue weighted by molar-refractivity contribution is 0.0377. The molecule has 0 aliphatic carbocycles. The van der Waals surface area contributed by atoms with Crippen LogP contribution in [-0.4, -0.2) is 73.5 Å². The number of ether oxygens (including phenoxy) is 1. The Hall–Kier alpha value is -2.16. The molecule has 0 amide bonds. The van der Waals surface area contributed by atoms with Crippen LogP contribution in [0.15, 0.2) is 33.8 Å². The van der Waals surface area contributed by atoms with Crippen molar-refractivity contribution in [2.24, 2.45) is 4.99 Å². The highest BCUT2D eigenvalue weighted by Crippen LogP contribution is 2.19. The van der Waals surface area contributed by atoms with E-state index in [0.717, 1.165) is 63.9 Å². The highest BCUT2D eigenvalue weighted by atomic mass is 35.5. The number of nitrogens with one attached hydrogen (secondary N) is 2. The van der Waals surface area contributed by atoms with Gasteiger partial charge in [-0.15, -0.1) is 0 Å². The molecule has 0 saturated carbocycles. The van der Waals surface area contributed by atoms with Gasteiger partial charge in [-0.1, -0.05) is 28.9 Å². The number of hydrogen-bond acceptors (Lipinski definition) is 6. The average Bonchev–Trinajstić information content (AvgIpc) is 3.21. The first-order chi connectivity index (χ1) is 14.2. The van der Waals surface area contributed by atoms with Gasteiger partial charge in [0, 0.05) is 56.3 Å². The van der Waals surface area contributed by atoms with Crippen molar-refractivity contribution < 1.29 is 9.26 Å². The van der Waals surface area contributed by atoms with Crippen molar-refractivity contribution in [2.75, 3.05) is 52.5 Å². The predicted molar refractivity (Wildman–Crippen MR) is 114 cm³/mol. The zero-order chi connectivity index (χ0) is 20.3. The second-order valence-electron chi connectivity index (χ2n) is 6.77. The number of guanidine groups is 1. The van der Waals surface area contributed by atoms with E-state index in [2.05, 4.69) is 37.6 Å². The summed E-state index contributed by atoms with van der Waals surface area (Å²) in [5.41, 5.74) is 0.843. The van der Waals surface area contributed by atoms with Gasteiger partial charge in [-0.25, -0.2) is 0 Å². The lowest BCUT2D eigenvalue weighted by atomic mass is 10.2. The third kappa shape index (κ3) is 7.30. The van der Waals surface area contributed by atoms with Gasteiger partial charge in [-0.2, -0.15) is 4.98 Å². The SMILES string of the molecule is CCNC(=NCCCN1CCOCC1)NCCc1nc(-c2cccc(Cl)c2)no1. The van der Waals surface area contributed by atoms with Gasteiger partial charge in [0.25, 0.3) is 0 Å². The average molecular weight is 421 g/mol.